The second-order valence-corrected chi connectivity index (χ2v) is 5.21. The molecule has 2 heteroatoms. The van der Waals surface area contributed by atoms with E-state index in [1.165, 1.54) is 17.5 Å². The third-order valence-corrected chi connectivity index (χ3v) is 3.89. The zero-order valence-electron chi connectivity index (χ0n) is 11.1. The quantitative estimate of drug-likeness (QED) is 0.657. The van der Waals surface area contributed by atoms with Gasteiger partial charge in [0.25, 0.3) is 0 Å². The van der Waals surface area contributed by atoms with Gasteiger partial charge in [0.15, 0.2) is 5.78 Å². The van der Waals surface area contributed by atoms with Gasteiger partial charge in [0, 0.05) is 16.8 Å². The van der Waals surface area contributed by atoms with Gasteiger partial charge in [0.1, 0.15) is 0 Å². The number of hydrogen-bond acceptors (Lipinski definition) is 2. The molecule has 0 heterocycles. The Morgan fingerprint density at radius 3 is 2.68 bits per heavy atom. The molecule has 0 aliphatic heterocycles. The molecule has 0 spiro atoms. The Bertz CT molecular complexity index is 638. The van der Waals surface area contributed by atoms with E-state index >= 15 is 0 Å². The van der Waals surface area contributed by atoms with Crippen LogP contribution in [0.25, 0.3) is 0 Å². The molecule has 19 heavy (non-hydrogen) atoms. The van der Waals surface area contributed by atoms with Crippen molar-refractivity contribution in [1.82, 2.24) is 0 Å². The van der Waals surface area contributed by atoms with Gasteiger partial charge in [-0.05, 0) is 55.0 Å². The van der Waals surface area contributed by atoms with Gasteiger partial charge in [-0.15, -0.1) is 0 Å². The standard InChI is InChI=1S/C17H17NO/c1-11-4-2-7-15(18)16(11)17(19)14-9-8-12-5-3-6-13(12)10-14/h2,4,7-10H,3,5-6,18H2,1H3. The van der Waals surface area contributed by atoms with Gasteiger partial charge >= 0.3 is 0 Å². The molecule has 2 N–H and O–H groups in total. The van der Waals surface area contributed by atoms with Crippen molar-refractivity contribution < 1.29 is 4.79 Å². The Kier molecular flexibility index (Phi) is 2.86. The molecule has 0 fully saturated rings. The van der Waals surface area contributed by atoms with Crippen LogP contribution >= 0.6 is 0 Å². The maximum absolute atomic E-state index is 12.6. The molecule has 0 unspecified atom stereocenters. The summed E-state index contributed by atoms with van der Waals surface area (Å²) in [5.74, 6) is 0.0327. The van der Waals surface area contributed by atoms with Crippen molar-refractivity contribution in [3.63, 3.8) is 0 Å². The molecule has 2 nitrogen and oxygen atoms in total. The van der Waals surface area contributed by atoms with Crippen molar-refractivity contribution in [3.8, 4) is 0 Å². The number of ketones is 1. The van der Waals surface area contributed by atoms with Crippen LogP contribution in [-0.4, -0.2) is 5.78 Å². The minimum atomic E-state index is 0.0327. The molecule has 2 aromatic carbocycles. The molecule has 0 bridgehead atoms. The molecular weight excluding hydrogens is 234 g/mol. The first-order chi connectivity index (χ1) is 9.16. The lowest BCUT2D eigenvalue weighted by Gasteiger charge is -2.09. The highest BCUT2D eigenvalue weighted by atomic mass is 16.1. The number of benzene rings is 2. The van der Waals surface area contributed by atoms with E-state index in [-0.39, 0.29) is 5.78 Å². The Morgan fingerprint density at radius 1 is 1.11 bits per heavy atom. The number of anilines is 1. The van der Waals surface area contributed by atoms with E-state index in [9.17, 15) is 4.79 Å². The number of fused-ring (bicyclic) bond motifs is 1. The van der Waals surface area contributed by atoms with Gasteiger partial charge < -0.3 is 5.73 Å². The SMILES string of the molecule is Cc1cccc(N)c1C(=O)c1ccc2c(c1)CCC2. The highest BCUT2D eigenvalue weighted by molar-refractivity contribution is 6.13. The predicted octanol–water partition coefficient (Wildman–Crippen LogP) is 3.30. The molecule has 0 saturated heterocycles. The highest BCUT2D eigenvalue weighted by Crippen LogP contribution is 2.26. The van der Waals surface area contributed by atoms with Gasteiger partial charge in [-0.2, -0.15) is 0 Å². The van der Waals surface area contributed by atoms with Crippen LogP contribution in [0.5, 0.6) is 0 Å². The highest BCUT2D eigenvalue weighted by Gasteiger charge is 2.17. The summed E-state index contributed by atoms with van der Waals surface area (Å²) < 4.78 is 0. The lowest BCUT2D eigenvalue weighted by Crippen LogP contribution is -2.08. The third-order valence-electron chi connectivity index (χ3n) is 3.89. The number of nitrogen functional groups attached to an aromatic ring is 1. The first-order valence-electron chi connectivity index (χ1n) is 6.68. The lowest BCUT2D eigenvalue weighted by atomic mass is 9.95. The first-order valence-corrected chi connectivity index (χ1v) is 6.68. The number of carbonyl (C=O) groups is 1. The first kappa shape index (κ1) is 12.0. The Hall–Kier alpha value is -2.09. The zero-order chi connectivity index (χ0) is 13.4. The van der Waals surface area contributed by atoms with Crippen LogP contribution in [0.3, 0.4) is 0 Å². The Morgan fingerprint density at radius 2 is 1.89 bits per heavy atom. The van der Waals surface area contributed by atoms with Crippen molar-refractivity contribution in [1.29, 1.82) is 0 Å². The van der Waals surface area contributed by atoms with Crippen LogP contribution in [0, 0.1) is 6.92 Å². The Balaban J connectivity index is 2.05. The van der Waals surface area contributed by atoms with Gasteiger partial charge in [-0.25, -0.2) is 0 Å². The molecule has 0 amide bonds. The monoisotopic (exact) mass is 251 g/mol. The summed E-state index contributed by atoms with van der Waals surface area (Å²) in [4.78, 5) is 12.6. The fourth-order valence-corrected chi connectivity index (χ4v) is 2.86. The molecule has 96 valence electrons. The molecule has 2 aromatic rings. The summed E-state index contributed by atoms with van der Waals surface area (Å²) in [6, 6.07) is 11.6. The van der Waals surface area contributed by atoms with Crippen LogP contribution in [0.15, 0.2) is 36.4 Å². The van der Waals surface area contributed by atoms with Gasteiger partial charge in [0.05, 0.1) is 0 Å². The molecule has 0 atom stereocenters. The van der Waals surface area contributed by atoms with E-state index in [1.54, 1.807) is 6.07 Å². The molecule has 0 saturated carbocycles. The van der Waals surface area contributed by atoms with Crippen molar-refractivity contribution in [2.24, 2.45) is 0 Å². The van der Waals surface area contributed by atoms with E-state index in [2.05, 4.69) is 6.07 Å². The van der Waals surface area contributed by atoms with Crippen molar-refractivity contribution >= 4 is 11.5 Å². The van der Waals surface area contributed by atoms with E-state index in [4.69, 9.17) is 5.73 Å². The van der Waals surface area contributed by atoms with E-state index in [1.807, 2.05) is 31.2 Å². The molecular formula is C17H17NO. The van der Waals surface area contributed by atoms with E-state index in [0.717, 1.165) is 24.0 Å². The fraction of sp³-hybridized carbons (Fsp3) is 0.235. The third kappa shape index (κ3) is 2.03. The smallest absolute Gasteiger partial charge is 0.195 e. The summed E-state index contributed by atoms with van der Waals surface area (Å²) in [7, 11) is 0. The molecule has 0 aromatic heterocycles. The van der Waals surface area contributed by atoms with Crippen LogP contribution in [-0.2, 0) is 12.8 Å². The van der Waals surface area contributed by atoms with Gasteiger partial charge in [0.2, 0.25) is 0 Å². The number of nitrogens with two attached hydrogens (primary N) is 1. The van der Waals surface area contributed by atoms with Gasteiger partial charge in [-0.1, -0.05) is 24.3 Å². The molecule has 1 aliphatic carbocycles. The maximum Gasteiger partial charge on any atom is 0.195 e. The van der Waals surface area contributed by atoms with E-state index in [0.29, 0.717) is 11.3 Å². The summed E-state index contributed by atoms with van der Waals surface area (Å²) in [5, 5.41) is 0. The number of aryl methyl sites for hydroxylation is 3. The van der Waals surface area contributed by atoms with Crippen LogP contribution < -0.4 is 5.73 Å². The topological polar surface area (TPSA) is 43.1 Å². The van der Waals surface area contributed by atoms with Crippen molar-refractivity contribution in [3.05, 3.63) is 64.2 Å². The summed E-state index contributed by atoms with van der Waals surface area (Å²) in [6.07, 6.45) is 3.41. The summed E-state index contributed by atoms with van der Waals surface area (Å²) in [5.41, 5.74) is 11.5. The van der Waals surface area contributed by atoms with Crippen molar-refractivity contribution in [2.75, 3.05) is 5.73 Å². The second kappa shape index (κ2) is 4.54. The number of carbonyl (C=O) groups excluding carboxylic acids is 1. The summed E-state index contributed by atoms with van der Waals surface area (Å²) in [6.45, 7) is 1.93. The normalized spacial score (nSPS) is 13.3. The lowest BCUT2D eigenvalue weighted by molar-refractivity contribution is 0.103. The Labute approximate surface area is 113 Å². The average Bonchev–Trinajstić information content (AvgIpc) is 2.85. The fourth-order valence-electron chi connectivity index (χ4n) is 2.86. The number of hydrogen-bond donors (Lipinski definition) is 1. The minimum absolute atomic E-state index is 0.0327. The van der Waals surface area contributed by atoms with E-state index < -0.39 is 0 Å². The summed E-state index contributed by atoms with van der Waals surface area (Å²) >= 11 is 0. The van der Waals surface area contributed by atoms with Crippen molar-refractivity contribution in [2.45, 2.75) is 26.2 Å². The average molecular weight is 251 g/mol. The minimum Gasteiger partial charge on any atom is -0.398 e. The van der Waals surface area contributed by atoms with Crippen LogP contribution in [0.4, 0.5) is 5.69 Å². The molecule has 1 aliphatic rings. The predicted molar refractivity (Wildman–Crippen MR) is 77.5 cm³/mol. The van der Waals surface area contributed by atoms with Crippen LogP contribution in [0.2, 0.25) is 0 Å². The molecule has 3 rings (SSSR count). The maximum atomic E-state index is 12.6. The van der Waals surface area contributed by atoms with Gasteiger partial charge in [-0.3, -0.25) is 4.79 Å². The zero-order valence-corrected chi connectivity index (χ0v) is 11.1. The largest absolute Gasteiger partial charge is 0.398 e. The molecule has 0 radical (unpaired) electrons. The van der Waals surface area contributed by atoms with Crippen LogP contribution in [0.1, 0.15) is 39.0 Å². The second-order valence-electron chi connectivity index (χ2n) is 5.21. The number of rotatable bonds is 2.